The van der Waals surface area contributed by atoms with Gasteiger partial charge in [-0.15, -0.1) is 0 Å². The summed E-state index contributed by atoms with van der Waals surface area (Å²) in [7, 11) is 0. The van der Waals surface area contributed by atoms with Crippen LogP contribution < -0.4 is 11.2 Å². The molecule has 2 aliphatic rings. The van der Waals surface area contributed by atoms with Crippen LogP contribution in [-0.4, -0.2) is 30.0 Å². The maximum Gasteiger partial charge on any atom is 0.236 e. The van der Waals surface area contributed by atoms with Gasteiger partial charge in [0.1, 0.15) is 6.04 Å². The fourth-order valence-electron chi connectivity index (χ4n) is 2.33. The van der Waals surface area contributed by atoms with Crippen LogP contribution in [0.3, 0.4) is 0 Å². The number of primary amides is 1. The number of fused-ring (bicyclic) bond motifs is 2. The Morgan fingerprint density at radius 3 is 2.92 bits per heavy atom. The number of nitrogens with two attached hydrogens (primary N) is 1. The van der Waals surface area contributed by atoms with E-state index in [-0.39, 0.29) is 11.9 Å². The maximum absolute atomic E-state index is 11.1. The zero-order valence-corrected chi connectivity index (χ0v) is 7.12. The lowest BCUT2D eigenvalue weighted by atomic mass is 9.85. The Bertz CT molecular complexity index is 173. The molecule has 3 unspecified atom stereocenters. The molecule has 12 heavy (non-hydrogen) atoms. The van der Waals surface area contributed by atoms with Crippen molar-refractivity contribution in [3.8, 4) is 0 Å². The van der Waals surface area contributed by atoms with Gasteiger partial charge in [0.15, 0.2) is 0 Å². The summed E-state index contributed by atoms with van der Waals surface area (Å²) in [5.41, 5.74) is 8.55. The van der Waals surface area contributed by atoms with Gasteiger partial charge in [-0.1, -0.05) is 0 Å². The lowest BCUT2D eigenvalue weighted by Crippen LogP contribution is -2.61. The average molecular weight is 169 g/mol. The van der Waals surface area contributed by atoms with Crippen LogP contribution in [0.2, 0.25) is 0 Å². The van der Waals surface area contributed by atoms with Gasteiger partial charge >= 0.3 is 0 Å². The van der Waals surface area contributed by atoms with Crippen LogP contribution in [0.25, 0.3) is 0 Å². The van der Waals surface area contributed by atoms with Crippen LogP contribution in [0, 0.1) is 5.92 Å². The van der Waals surface area contributed by atoms with Crippen LogP contribution in [0.1, 0.15) is 19.3 Å². The normalized spacial score (nSPS) is 40.8. The minimum atomic E-state index is -0.174. The molecule has 4 nitrogen and oxygen atoms in total. The van der Waals surface area contributed by atoms with E-state index in [0.717, 1.165) is 25.9 Å². The van der Waals surface area contributed by atoms with Crippen LogP contribution in [0.5, 0.6) is 0 Å². The lowest BCUT2D eigenvalue weighted by Gasteiger charge is -2.43. The molecule has 0 saturated carbocycles. The Kier molecular flexibility index (Phi) is 2.02. The van der Waals surface area contributed by atoms with Crippen LogP contribution >= 0.6 is 0 Å². The molecule has 0 aromatic carbocycles. The predicted octanol–water partition coefficient (Wildman–Crippen LogP) is -0.539. The van der Waals surface area contributed by atoms with Gasteiger partial charge < -0.3 is 5.73 Å². The third-order valence-corrected chi connectivity index (χ3v) is 2.88. The summed E-state index contributed by atoms with van der Waals surface area (Å²) < 4.78 is 0. The molecule has 2 rings (SSSR count). The third kappa shape index (κ3) is 1.21. The fourth-order valence-corrected chi connectivity index (χ4v) is 2.33. The first-order valence-corrected chi connectivity index (χ1v) is 4.58. The molecule has 2 bridgehead atoms. The highest BCUT2D eigenvalue weighted by atomic mass is 16.1. The summed E-state index contributed by atoms with van der Waals surface area (Å²) in [6.07, 6.45) is 3.43. The highest BCUT2D eigenvalue weighted by Crippen LogP contribution is 2.27. The monoisotopic (exact) mass is 169 g/mol. The van der Waals surface area contributed by atoms with Gasteiger partial charge in [0, 0.05) is 13.1 Å². The first-order valence-electron chi connectivity index (χ1n) is 4.58. The van der Waals surface area contributed by atoms with Crippen molar-refractivity contribution < 1.29 is 4.79 Å². The molecule has 2 heterocycles. The number of amides is 1. The van der Waals surface area contributed by atoms with E-state index < -0.39 is 0 Å². The number of nitrogens with one attached hydrogen (secondary N) is 1. The van der Waals surface area contributed by atoms with Gasteiger partial charge in [-0.25, -0.2) is 5.01 Å². The SMILES string of the molecule is NC(=O)C1C2CCCN1NCC2. The van der Waals surface area contributed by atoms with Crippen LogP contribution in [0.4, 0.5) is 0 Å². The highest BCUT2D eigenvalue weighted by molar-refractivity contribution is 5.80. The lowest BCUT2D eigenvalue weighted by molar-refractivity contribution is -0.131. The largest absolute Gasteiger partial charge is 0.368 e. The molecule has 3 N–H and O–H groups in total. The van der Waals surface area contributed by atoms with Crippen molar-refractivity contribution in [3.63, 3.8) is 0 Å². The molecular formula is C8H15N3O. The average Bonchev–Trinajstić information content (AvgIpc) is 2.02. The molecule has 3 atom stereocenters. The number of hydrogen-bond acceptors (Lipinski definition) is 3. The van der Waals surface area contributed by atoms with E-state index in [2.05, 4.69) is 5.43 Å². The van der Waals surface area contributed by atoms with Crippen molar-refractivity contribution in [2.45, 2.75) is 25.3 Å². The second-order valence-corrected chi connectivity index (χ2v) is 3.64. The summed E-state index contributed by atoms with van der Waals surface area (Å²) in [6.45, 7) is 1.96. The molecule has 0 radical (unpaired) electrons. The van der Waals surface area contributed by atoms with E-state index in [1.54, 1.807) is 0 Å². The molecule has 0 spiro atoms. The van der Waals surface area contributed by atoms with Gasteiger partial charge in [0.25, 0.3) is 0 Å². The van der Waals surface area contributed by atoms with E-state index in [0.29, 0.717) is 5.92 Å². The quantitative estimate of drug-likeness (QED) is 0.554. The van der Waals surface area contributed by atoms with Crippen molar-refractivity contribution in [2.24, 2.45) is 11.7 Å². The minimum absolute atomic E-state index is 0.0486. The first-order chi connectivity index (χ1) is 5.79. The Morgan fingerprint density at radius 2 is 2.33 bits per heavy atom. The van der Waals surface area contributed by atoms with Crippen molar-refractivity contribution >= 4 is 5.91 Å². The molecule has 0 aliphatic carbocycles. The number of piperidine rings is 1. The number of carbonyl (C=O) groups excluding carboxylic acids is 1. The third-order valence-electron chi connectivity index (χ3n) is 2.88. The number of carbonyl (C=O) groups is 1. The van der Waals surface area contributed by atoms with E-state index in [1.165, 1.54) is 6.42 Å². The summed E-state index contributed by atoms with van der Waals surface area (Å²) >= 11 is 0. The Labute approximate surface area is 72.1 Å². The van der Waals surface area contributed by atoms with E-state index >= 15 is 0 Å². The molecule has 0 aromatic heterocycles. The Balaban J connectivity index is 2.13. The predicted molar refractivity (Wildman–Crippen MR) is 45.0 cm³/mol. The number of nitrogens with zero attached hydrogens (tertiary/aromatic N) is 1. The molecule has 1 amide bonds. The summed E-state index contributed by atoms with van der Waals surface area (Å²) in [6, 6.07) is -0.0486. The molecule has 2 saturated heterocycles. The summed E-state index contributed by atoms with van der Waals surface area (Å²) in [5, 5.41) is 2.01. The Hall–Kier alpha value is -0.610. The van der Waals surface area contributed by atoms with E-state index in [9.17, 15) is 4.79 Å². The fraction of sp³-hybridized carbons (Fsp3) is 0.875. The van der Waals surface area contributed by atoms with Crippen LogP contribution in [-0.2, 0) is 4.79 Å². The highest BCUT2D eigenvalue weighted by Gasteiger charge is 2.37. The van der Waals surface area contributed by atoms with Gasteiger partial charge in [-0.3, -0.25) is 10.2 Å². The van der Waals surface area contributed by atoms with Crippen molar-refractivity contribution in [1.82, 2.24) is 10.4 Å². The zero-order chi connectivity index (χ0) is 8.55. The van der Waals surface area contributed by atoms with Gasteiger partial charge in [0.05, 0.1) is 0 Å². The van der Waals surface area contributed by atoms with E-state index in [1.807, 2.05) is 5.01 Å². The first kappa shape index (κ1) is 8.01. The van der Waals surface area contributed by atoms with Crippen molar-refractivity contribution in [3.05, 3.63) is 0 Å². The zero-order valence-electron chi connectivity index (χ0n) is 7.12. The van der Waals surface area contributed by atoms with Crippen molar-refractivity contribution in [1.29, 1.82) is 0 Å². The Morgan fingerprint density at radius 1 is 1.50 bits per heavy atom. The molecule has 0 aromatic rings. The van der Waals surface area contributed by atoms with E-state index in [4.69, 9.17) is 5.73 Å². The standard InChI is InChI=1S/C8H15N3O/c9-8(12)7-6-2-1-5-11(7)10-4-3-6/h6-7,10H,1-5H2,(H2,9,12). The summed E-state index contributed by atoms with van der Waals surface area (Å²) in [5.74, 6) is 0.324. The smallest absolute Gasteiger partial charge is 0.236 e. The number of rotatable bonds is 1. The molecule has 2 fully saturated rings. The van der Waals surface area contributed by atoms with Gasteiger partial charge in [0.2, 0.25) is 5.91 Å². The second kappa shape index (κ2) is 3.03. The molecular weight excluding hydrogens is 154 g/mol. The van der Waals surface area contributed by atoms with Crippen molar-refractivity contribution in [2.75, 3.05) is 13.1 Å². The topological polar surface area (TPSA) is 58.4 Å². The summed E-state index contributed by atoms with van der Waals surface area (Å²) in [4.78, 5) is 11.1. The minimum Gasteiger partial charge on any atom is -0.368 e. The number of hydrazine groups is 1. The molecule has 68 valence electrons. The molecule has 2 aliphatic heterocycles. The van der Waals surface area contributed by atoms with Crippen LogP contribution in [0.15, 0.2) is 0 Å². The molecule has 4 heteroatoms. The second-order valence-electron chi connectivity index (χ2n) is 3.64. The number of hydrogen-bond donors (Lipinski definition) is 2. The van der Waals surface area contributed by atoms with Gasteiger partial charge in [-0.2, -0.15) is 0 Å². The van der Waals surface area contributed by atoms with Gasteiger partial charge in [-0.05, 0) is 25.2 Å². The maximum atomic E-state index is 11.1.